The second-order valence-electron chi connectivity index (χ2n) is 4.24. The van der Waals surface area contributed by atoms with Gasteiger partial charge in [0.2, 0.25) is 0 Å². The van der Waals surface area contributed by atoms with Crippen LogP contribution in [0.3, 0.4) is 0 Å². The Morgan fingerprint density at radius 2 is 2.00 bits per heavy atom. The predicted octanol–water partition coefficient (Wildman–Crippen LogP) is 0.0246. The third kappa shape index (κ3) is 3.55. The van der Waals surface area contributed by atoms with E-state index >= 15 is 0 Å². The molecule has 0 saturated carbocycles. The fraction of sp³-hybridized carbons (Fsp3) is 0.900. The molecular weight excluding hydrogens is 148 g/mol. The average molecular weight is 170 g/mol. The first kappa shape index (κ1) is 10.0. The van der Waals surface area contributed by atoms with E-state index in [9.17, 15) is 0 Å². The monoisotopic (exact) mass is 170 g/mol. The lowest BCUT2D eigenvalue weighted by atomic mass is 9.94. The Morgan fingerprint density at radius 3 is 2.50 bits per heavy atom. The van der Waals surface area contributed by atoms with E-state index in [1.54, 1.807) is 0 Å². The Morgan fingerprint density at radius 1 is 1.42 bits per heavy atom. The summed E-state index contributed by atoms with van der Waals surface area (Å²) in [6.07, 6.45) is 4.15. The standard InChI is InChI=1S/C10H22N2/c1-11(2)7-4-10-5-8-12(3)9-6-10/h10-11H,1,4-9H2,2-3H3. The fourth-order valence-corrected chi connectivity index (χ4v) is 1.80. The van der Waals surface area contributed by atoms with Crippen molar-refractivity contribution in [1.82, 2.24) is 4.90 Å². The van der Waals surface area contributed by atoms with Gasteiger partial charge in [0, 0.05) is 7.05 Å². The summed E-state index contributed by atoms with van der Waals surface area (Å²) in [7, 11) is 8.30. The van der Waals surface area contributed by atoms with Gasteiger partial charge in [0.05, 0.1) is 6.54 Å². The number of quaternary nitrogens is 1. The summed E-state index contributed by atoms with van der Waals surface area (Å²) < 4.78 is 0. The van der Waals surface area contributed by atoms with Crippen LogP contribution in [-0.4, -0.2) is 38.6 Å². The van der Waals surface area contributed by atoms with Crippen LogP contribution in [0.25, 0.3) is 0 Å². The number of piperidine rings is 1. The Kier molecular flexibility index (Phi) is 4.02. The quantitative estimate of drug-likeness (QED) is 0.587. The number of nitrogens with one attached hydrogen (secondary N) is 1. The molecule has 1 aliphatic rings. The van der Waals surface area contributed by atoms with Crippen LogP contribution in [0.5, 0.6) is 0 Å². The van der Waals surface area contributed by atoms with Crippen molar-refractivity contribution in [3.05, 3.63) is 7.05 Å². The highest BCUT2D eigenvalue weighted by atomic mass is 15.1. The minimum Gasteiger partial charge on any atom is -0.470 e. The molecule has 0 aliphatic carbocycles. The minimum atomic E-state index is 0.970. The molecule has 0 spiro atoms. The van der Waals surface area contributed by atoms with Gasteiger partial charge in [-0.1, -0.05) is 0 Å². The van der Waals surface area contributed by atoms with Crippen LogP contribution in [0.15, 0.2) is 0 Å². The highest BCUT2D eigenvalue weighted by molar-refractivity contribution is 4.69. The largest absolute Gasteiger partial charge is 0.470 e. The summed E-state index contributed by atoms with van der Waals surface area (Å²) in [5.41, 5.74) is 0. The maximum Gasteiger partial charge on any atom is 0.0530 e. The van der Waals surface area contributed by atoms with Gasteiger partial charge in [0.1, 0.15) is 0 Å². The lowest BCUT2D eigenvalue weighted by molar-refractivity contribution is -0.832. The van der Waals surface area contributed by atoms with Crippen molar-refractivity contribution >= 4 is 0 Å². The van der Waals surface area contributed by atoms with Gasteiger partial charge in [0.15, 0.2) is 0 Å². The van der Waals surface area contributed by atoms with Crippen LogP contribution < -0.4 is 4.90 Å². The van der Waals surface area contributed by atoms with Crippen molar-refractivity contribution < 1.29 is 4.90 Å². The van der Waals surface area contributed by atoms with Gasteiger partial charge in [-0.15, -0.1) is 0 Å². The molecule has 1 unspecified atom stereocenters. The normalized spacial score (nSPS) is 24.2. The van der Waals surface area contributed by atoms with Crippen LogP contribution in [-0.2, 0) is 0 Å². The third-order valence-corrected chi connectivity index (χ3v) is 2.82. The van der Waals surface area contributed by atoms with Crippen molar-refractivity contribution in [2.24, 2.45) is 5.92 Å². The first-order valence-corrected chi connectivity index (χ1v) is 5.01. The second-order valence-corrected chi connectivity index (χ2v) is 4.24. The molecule has 2 heteroatoms. The second kappa shape index (κ2) is 4.83. The zero-order valence-electron chi connectivity index (χ0n) is 8.47. The van der Waals surface area contributed by atoms with Gasteiger partial charge in [0.25, 0.3) is 0 Å². The summed E-state index contributed by atoms with van der Waals surface area (Å²) in [4.78, 5) is 3.77. The molecule has 0 amide bonds. The Labute approximate surface area is 76.5 Å². The van der Waals surface area contributed by atoms with Crippen LogP contribution in [0, 0.1) is 13.0 Å². The molecule has 1 aliphatic heterocycles. The molecule has 0 aromatic carbocycles. The van der Waals surface area contributed by atoms with E-state index in [0.717, 1.165) is 5.92 Å². The lowest BCUT2D eigenvalue weighted by Crippen LogP contribution is -3.03. The molecule has 1 heterocycles. The average Bonchev–Trinajstić information content (AvgIpc) is 2.03. The minimum absolute atomic E-state index is 0.970. The molecule has 1 fully saturated rings. The molecule has 1 saturated heterocycles. The number of hydrogen-bond acceptors (Lipinski definition) is 1. The maximum absolute atomic E-state index is 3.94. The molecule has 1 atom stereocenters. The van der Waals surface area contributed by atoms with E-state index < -0.39 is 0 Å². The van der Waals surface area contributed by atoms with E-state index in [1.807, 2.05) is 0 Å². The molecule has 0 bridgehead atoms. The van der Waals surface area contributed by atoms with Gasteiger partial charge >= 0.3 is 0 Å². The van der Waals surface area contributed by atoms with E-state index in [1.165, 1.54) is 43.8 Å². The molecule has 2 nitrogen and oxygen atoms in total. The predicted molar refractivity (Wildman–Crippen MR) is 51.9 cm³/mol. The van der Waals surface area contributed by atoms with Crippen LogP contribution >= 0.6 is 0 Å². The number of hydrogen-bond donors (Lipinski definition) is 1. The van der Waals surface area contributed by atoms with Gasteiger partial charge in [-0.05, 0) is 45.3 Å². The Balaban J connectivity index is 2.09. The van der Waals surface area contributed by atoms with Crippen molar-refractivity contribution in [1.29, 1.82) is 0 Å². The number of likely N-dealkylation sites (tertiary alicyclic amines) is 1. The zero-order valence-corrected chi connectivity index (χ0v) is 8.47. The van der Waals surface area contributed by atoms with Crippen molar-refractivity contribution in [2.45, 2.75) is 19.3 Å². The molecule has 1 rings (SSSR count). The molecule has 0 aromatic rings. The van der Waals surface area contributed by atoms with Gasteiger partial charge in [-0.3, -0.25) is 0 Å². The fourth-order valence-electron chi connectivity index (χ4n) is 1.80. The number of rotatable bonds is 3. The van der Waals surface area contributed by atoms with E-state index in [4.69, 9.17) is 0 Å². The van der Waals surface area contributed by atoms with E-state index in [2.05, 4.69) is 26.0 Å². The first-order chi connectivity index (χ1) is 5.68. The first-order valence-electron chi connectivity index (χ1n) is 5.01. The molecule has 12 heavy (non-hydrogen) atoms. The van der Waals surface area contributed by atoms with Crippen molar-refractivity contribution in [2.75, 3.05) is 33.7 Å². The van der Waals surface area contributed by atoms with Crippen LogP contribution in [0.1, 0.15) is 19.3 Å². The van der Waals surface area contributed by atoms with E-state index in [0.29, 0.717) is 0 Å². The topological polar surface area (TPSA) is 7.68 Å². The van der Waals surface area contributed by atoms with Gasteiger partial charge in [-0.2, -0.15) is 7.05 Å². The van der Waals surface area contributed by atoms with Gasteiger partial charge < -0.3 is 9.80 Å². The molecule has 0 radical (unpaired) electrons. The maximum atomic E-state index is 3.94. The summed E-state index contributed by atoms with van der Waals surface area (Å²) in [6.45, 7) is 3.82. The highest BCUT2D eigenvalue weighted by Gasteiger charge is 2.16. The van der Waals surface area contributed by atoms with Gasteiger partial charge in [-0.25, -0.2) is 0 Å². The summed E-state index contributed by atoms with van der Waals surface area (Å²) >= 11 is 0. The molecular formula is C10H22N2. The summed E-state index contributed by atoms with van der Waals surface area (Å²) in [5.74, 6) is 0.970. The summed E-state index contributed by atoms with van der Waals surface area (Å²) in [5, 5.41) is 0. The van der Waals surface area contributed by atoms with Crippen molar-refractivity contribution in [3.8, 4) is 0 Å². The SMILES string of the molecule is [CH2-][NH+](C)CCC1CCN(C)CC1. The molecule has 72 valence electrons. The highest BCUT2D eigenvalue weighted by Crippen LogP contribution is 2.18. The van der Waals surface area contributed by atoms with Crippen LogP contribution in [0.4, 0.5) is 0 Å². The van der Waals surface area contributed by atoms with Crippen molar-refractivity contribution in [3.63, 3.8) is 0 Å². The van der Waals surface area contributed by atoms with E-state index in [-0.39, 0.29) is 0 Å². The summed E-state index contributed by atoms with van der Waals surface area (Å²) in [6, 6.07) is 0. The Hall–Kier alpha value is -0.0800. The lowest BCUT2D eigenvalue weighted by Gasteiger charge is -2.29. The molecule has 1 N–H and O–H groups in total. The number of nitrogens with zero attached hydrogens (tertiary/aromatic N) is 1. The smallest absolute Gasteiger partial charge is 0.0530 e. The Bertz CT molecular complexity index is 115. The molecule has 0 aromatic heterocycles. The third-order valence-electron chi connectivity index (χ3n) is 2.82. The zero-order chi connectivity index (χ0) is 8.97. The van der Waals surface area contributed by atoms with Crippen LogP contribution in [0.2, 0.25) is 0 Å².